The monoisotopic (exact) mass is 646 g/mol. The average molecular weight is 648 g/mol. The molecule has 2 aromatic heterocycles. The van der Waals surface area contributed by atoms with E-state index in [-0.39, 0.29) is 12.7 Å². The molecule has 4 rings (SSSR count). The van der Waals surface area contributed by atoms with E-state index in [1.165, 1.54) is 12.8 Å². The van der Waals surface area contributed by atoms with Crippen molar-refractivity contribution in [3.05, 3.63) is 61.0 Å². The van der Waals surface area contributed by atoms with Gasteiger partial charge in [-0.25, -0.2) is 14.3 Å². The van der Waals surface area contributed by atoms with Gasteiger partial charge in [0.2, 0.25) is 0 Å². The van der Waals surface area contributed by atoms with Crippen molar-refractivity contribution in [2.24, 2.45) is 5.92 Å². The molecule has 1 saturated carbocycles. The van der Waals surface area contributed by atoms with Gasteiger partial charge in [-0.05, 0) is 63.5 Å². The molecule has 0 amide bonds. The van der Waals surface area contributed by atoms with E-state index in [1.807, 2.05) is 22.8 Å². The van der Waals surface area contributed by atoms with Gasteiger partial charge in [0.25, 0.3) is 5.56 Å². The molecular weight excluding hydrogens is 607 g/mol. The molecule has 0 N–H and O–H groups in total. The number of aromatic nitrogens is 4. The number of aryl methyl sites for hydroxylation is 3. The fourth-order valence-electron chi connectivity index (χ4n) is 5.69. The van der Waals surface area contributed by atoms with E-state index in [0.29, 0.717) is 62.6 Å². The highest BCUT2D eigenvalue weighted by Gasteiger charge is 2.26. The third-order valence-corrected chi connectivity index (χ3v) is 10.6. The summed E-state index contributed by atoms with van der Waals surface area (Å²) in [5.74, 6) is 3.72. The van der Waals surface area contributed by atoms with E-state index >= 15 is 0 Å². The SMILES string of the molecule is C#CCn1c(=O)c2c(nc(CCc3ccccc3Br)n2CC2CCCC2)n(CCCCP(=O)(OCC)OCC)c1=O. The van der Waals surface area contributed by atoms with Crippen molar-refractivity contribution in [2.45, 2.75) is 84.8 Å². The van der Waals surface area contributed by atoms with Crippen molar-refractivity contribution in [1.82, 2.24) is 18.7 Å². The fraction of sp³-hybridized carbons (Fsp3) is 0.567. The normalized spacial score (nSPS) is 14.2. The first-order valence-corrected chi connectivity index (χ1v) is 17.1. The fourth-order valence-corrected chi connectivity index (χ4v) is 7.90. The van der Waals surface area contributed by atoms with Crippen molar-refractivity contribution in [3.63, 3.8) is 0 Å². The molecule has 41 heavy (non-hydrogen) atoms. The Morgan fingerprint density at radius 2 is 1.76 bits per heavy atom. The van der Waals surface area contributed by atoms with Crippen LogP contribution in [0.15, 0.2) is 38.3 Å². The Balaban J connectivity index is 1.72. The number of terminal acetylenes is 1. The highest BCUT2D eigenvalue weighted by molar-refractivity contribution is 9.10. The molecule has 0 aliphatic heterocycles. The summed E-state index contributed by atoms with van der Waals surface area (Å²) < 4.78 is 29.5. The lowest BCUT2D eigenvalue weighted by atomic mass is 10.1. The first kappa shape index (κ1) is 31.5. The lowest BCUT2D eigenvalue weighted by molar-refractivity contribution is 0.219. The Morgan fingerprint density at radius 1 is 1.05 bits per heavy atom. The first-order chi connectivity index (χ1) is 19.8. The van der Waals surface area contributed by atoms with Crippen LogP contribution in [0.5, 0.6) is 0 Å². The van der Waals surface area contributed by atoms with Gasteiger partial charge in [0.1, 0.15) is 5.82 Å². The number of imidazole rings is 1. The Hall–Kier alpha value is -2.44. The van der Waals surface area contributed by atoms with Gasteiger partial charge < -0.3 is 13.6 Å². The standard InChI is InChI=1S/C30H40BrN4O5P/c1-4-19-34-29(36)27-28(33(30(34)37)20-11-12-21-41(38,39-5-2)40-6-3)32-26(35(27)22-23-13-7-8-14-23)18-17-24-15-9-10-16-25(24)31/h1,9-10,15-16,23H,5-8,11-14,17-22H2,2-3H3. The lowest BCUT2D eigenvalue weighted by Gasteiger charge is -2.17. The van der Waals surface area contributed by atoms with Crippen LogP contribution in [0.2, 0.25) is 0 Å². The summed E-state index contributed by atoms with van der Waals surface area (Å²) in [5.41, 5.74) is 1.12. The van der Waals surface area contributed by atoms with E-state index in [1.54, 1.807) is 18.4 Å². The second-order valence-corrected chi connectivity index (χ2v) is 13.5. The van der Waals surface area contributed by atoms with Crippen LogP contribution in [-0.4, -0.2) is 38.1 Å². The van der Waals surface area contributed by atoms with Crippen LogP contribution in [-0.2, 0) is 46.1 Å². The Bertz CT molecular complexity index is 1540. The minimum Gasteiger partial charge on any atom is -0.322 e. The van der Waals surface area contributed by atoms with Gasteiger partial charge in [-0.3, -0.25) is 13.9 Å². The number of nitrogens with zero attached hydrogens (tertiary/aromatic N) is 4. The van der Waals surface area contributed by atoms with Crippen LogP contribution >= 0.6 is 23.5 Å². The van der Waals surface area contributed by atoms with Crippen LogP contribution < -0.4 is 11.2 Å². The van der Waals surface area contributed by atoms with Gasteiger partial charge in [-0.2, -0.15) is 0 Å². The molecule has 0 radical (unpaired) electrons. The maximum absolute atomic E-state index is 13.7. The summed E-state index contributed by atoms with van der Waals surface area (Å²) in [7, 11) is -3.18. The van der Waals surface area contributed by atoms with Gasteiger partial charge in [0.05, 0.1) is 25.9 Å². The average Bonchev–Trinajstić information content (AvgIpc) is 3.59. The largest absolute Gasteiger partial charge is 0.333 e. The predicted octanol–water partition coefficient (Wildman–Crippen LogP) is 5.78. The number of unbranched alkanes of at least 4 members (excludes halogenated alkanes) is 1. The summed E-state index contributed by atoms with van der Waals surface area (Å²) in [6.45, 7) is 5.06. The summed E-state index contributed by atoms with van der Waals surface area (Å²) >= 11 is 3.64. The topological polar surface area (TPSA) is 97.3 Å². The summed E-state index contributed by atoms with van der Waals surface area (Å²) in [5, 5.41) is 0. The van der Waals surface area contributed by atoms with Crippen molar-refractivity contribution in [3.8, 4) is 12.3 Å². The van der Waals surface area contributed by atoms with Crippen molar-refractivity contribution in [2.75, 3.05) is 19.4 Å². The van der Waals surface area contributed by atoms with Crippen LogP contribution in [0.25, 0.3) is 11.2 Å². The number of hydrogen-bond acceptors (Lipinski definition) is 6. The van der Waals surface area contributed by atoms with Crippen LogP contribution in [0.4, 0.5) is 0 Å². The maximum Gasteiger partial charge on any atom is 0.333 e. The first-order valence-electron chi connectivity index (χ1n) is 14.6. The number of rotatable bonds is 15. The molecule has 0 spiro atoms. The molecule has 0 saturated heterocycles. The minimum absolute atomic E-state index is 0.113. The molecule has 3 aromatic rings. The molecular formula is C30H40BrN4O5P. The van der Waals surface area contributed by atoms with Gasteiger partial charge >= 0.3 is 13.3 Å². The Kier molecular flexibility index (Phi) is 11.2. The molecule has 2 heterocycles. The number of fused-ring (bicyclic) bond motifs is 1. The molecule has 11 heteroatoms. The summed E-state index contributed by atoms with van der Waals surface area (Å²) in [4.78, 5) is 32.2. The zero-order valence-electron chi connectivity index (χ0n) is 24.0. The molecule has 0 bridgehead atoms. The highest BCUT2D eigenvalue weighted by atomic mass is 79.9. The smallest absolute Gasteiger partial charge is 0.322 e. The molecule has 222 valence electrons. The number of hydrogen-bond donors (Lipinski definition) is 0. The van der Waals surface area contributed by atoms with Crippen molar-refractivity contribution < 1.29 is 13.6 Å². The third kappa shape index (κ3) is 7.50. The lowest BCUT2D eigenvalue weighted by Crippen LogP contribution is -2.40. The van der Waals surface area contributed by atoms with E-state index < -0.39 is 18.8 Å². The zero-order chi connectivity index (χ0) is 29.4. The molecule has 1 aromatic carbocycles. The van der Waals surface area contributed by atoms with Crippen LogP contribution in [0, 0.1) is 18.3 Å². The van der Waals surface area contributed by atoms with Gasteiger partial charge in [0, 0.05) is 24.0 Å². The van der Waals surface area contributed by atoms with E-state index in [4.69, 9.17) is 20.5 Å². The second-order valence-electron chi connectivity index (χ2n) is 10.5. The Labute approximate surface area is 249 Å². The third-order valence-electron chi connectivity index (χ3n) is 7.65. The summed E-state index contributed by atoms with van der Waals surface area (Å²) in [6.07, 6.45) is 12.8. The van der Waals surface area contributed by atoms with Gasteiger partial charge in [0.15, 0.2) is 11.2 Å². The molecule has 1 fully saturated rings. The van der Waals surface area contributed by atoms with Crippen molar-refractivity contribution >= 4 is 34.7 Å². The van der Waals surface area contributed by atoms with E-state index in [9.17, 15) is 14.2 Å². The maximum atomic E-state index is 13.7. The zero-order valence-corrected chi connectivity index (χ0v) is 26.5. The summed E-state index contributed by atoms with van der Waals surface area (Å²) in [6, 6.07) is 8.08. The number of halogens is 1. The minimum atomic E-state index is -3.18. The molecule has 0 unspecified atom stereocenters. The van der Waals surface area contributed by atoms with E-state index in [0.717, 1.165) is 39.7 Å². The van der Waals surface area contributed by atoms with Crippen LogP contribution in [0.3, 0.4) is 0 Å². The van der Waals surface area contributed by atoms with Crippen LogP contribution in [0.1, 0.15) is 63.8 Å². The molecule has 1 aliphatic rings. The quantitative estimate of drug-likeness (QED) is 0.118. The second kappa shape index (κ2) is 14.6. The van der Waals surface area contributed by atoms with Gasteiger partial charge in [-0.15, -0.1) is 6.42 Å². The number of benzene rings is 1. The van der Waals surface area contributed by atoms with E-state index in [2.05, 4.69) is 27.9 Å². The molecule has 9 nitrogen and oxygen atoms in total. The highest BCUT2D eigenvalue weighted by Crippen LogP contribution is 2.48. The molecule has 0 atom stereocenters. The predicted molar refractivity (Wildman–Crippen MR) is 166 cm³/mol. The van der Waals surface area contributed by atoms with Crippen molar-refractivity contribution in [1.29, 1.82) is 0 Å². The Morgan fingerprint density at radius 3 is 2.41 bits per heavy atom. The van der Waals surface area contributed by atoms with Gasteiger partial charge in [-0.1, -0.05) is 52.9 Å². The molecule has 1 aliphatic carbocycles.